The minimum atomic E-state index is -0.369. The number of aliphatic hydroxyl groups excluding tert-OH is 1. The third kappa shape index (κ3) is 2.92. The van der Waals surface area contributed by atoms with Crippen LogP contribution in [0.3, 0.4) is 0 Å². The lowest BCUT2D eigenvalue weighted by Gasteiger charge is -2.15. The maximum Gasteiger partial charge on any atom is 0.160 e. The molecular weight excluding hydrogens is 184 g/mol. The molecule has 1 fully saturated rings. The average Bonchev–Trinajstić information content (AvgIpc) is 2.79. The van der Waals surface area contributed by atoms with Crippen LogP contribution in [0.4, 0.5) is 0 Å². The van der Waals surface area contributed by atoms with Crippen LogP contribution in [-0.2, 0) is 14.2 Å². The molecule has 0 bridgehead atoms. The summed E-state index contributed by atoms with van der Waals surface area (Å²) in [6.07, 6.45) is 0.553. The van der Waals surface area contributed by atoms with Crippen molar-refractivity contribution in [3.8, 4) is 0 Å². The predicted octanol–water partition coefficient (Wildman–Crippen LogP) is 0.925. The van der Waals surface area contributed by atoms with Crippen LogP contribution in [0.15, 0.2) is 0 Å². The van der Waals surface area contributed by atoms with Gasteiger partial charge in [0.2, 0.25) is 0 Å². The Morgan fingerprint density at radius 1 is 1.36 bits per heavy atom. The van der Waals surface area contributed by atoms with E-state index in [1.807, 2.05) is 20.8 Å². The summed E-state index contributed by atoms with van der Waals surface area (Å²) in [6.45, 7) is 7.09. The van der Waals surface area contributed by atoms with E-state index in [1.165, 1.54) is 0 Å². The first kappa shape index (κ1) is 11.9. The van der Waals surface area contributed by atoms with E-state index in [4.69, 9.17) is 19.3 Å². The van der Waals surface area contributed by atoms with Gasteiger partial charge < -0.3 is 19.3 Å². The quantitative estimate of drug-likeness (QED) is 0.495. The Hall–Kier alpha value is -0.160. The van der Waals surface area contributed by atoms with Gasteiger partial charge in [-0.25, -0.2) is 0 Å². The second-order valence-electron chi connectivity index (χ2n) is 3.65. The normalized spacial score (nSPS) is 31.1. The number of ether oxygens (including phenoxy) is 3. The Balaban J connectivity index is 2.27. The Morgan fingerprint density at radius 2 is 1.93 bits per heavy atom. The van der Waals surface area contributed by atoms with Crippen molar-refractivity contribution >= 4 is 0 Å². The van der Waals surface area contributed by atoms with Crippen LogP contribution < -0.4 is 0 Å². The van der Waals surface area contributed by atoms with Gasteiger partial charge in [0.15, 0.2) is 6.29 Å². The number of hydrogen-bond acceptors (Lipinski definition) is 4. The van der Waals surface area contributed by atoms with Crippen LogP contribution in [0.25, 0.3) is 0 Å². The number of hydrogen-bond donors (Lipinski definition) is 1. The van der Waals surface area contributed by atoms with E-state index in [-0.39, 0.29) is 24.6 Å². The molecule has 0 aromatic carbocycles. The van der Waals surface area contributed by atoms with E-state index in [9.17, 15) is 0 Å². The summed E-state index contributed by atoms with van der Waals surface area (Å²) < 4.78 is 16.1. The van der Waals surface area contributed by atoms with E-state index in [1.54, 1.807) is 0 Å². The molecule has 2 atom stereocenters. The van der Waals surface area contributed by atoms with Crippen LogP contribution in [0.1, 0.15) is 27.2 Å². The molecule has 0 unspecified atom stereocenters. The van der Waals surface area contributed by atoms with Gasteiger partial charge in [-0.3, -0.25) is 0 Å². The molecular formula is C10H20O4. The Morgan fingerprint density at radius 3 is 2.29 bits per heavy atom. The lowest BCUT2D eigenvalue weighted by Crippen LogP contribution is -2.23. The molecule has 0 aliphatic carbocycles. The predicted molar refractivity (Wildman–Crippen MR) is 52.0 cm³/mol. The first-order valence-electron chi connectivity index (χ1n) is 5.18. The maximum absolute atomic E-state index is 9.00. The van der Waals surface area contributed by atoms with Crippen LogP contribution in [0, 0.1) is 0 Å². The first-order chi connectivity index (χ1) is 6.66. The van der Waals surface area contributed by atoms with E-state index in [0.29, 0.717) is 19.6 Å². The van der Waals surface area contributed by atoms with Gasteiger partial charge in [-0.1, -0.05) is 0 Å². The molecule has 0 amide bonds. The summed E-state index contributed by atoms with van der Waals surface area (Å²) >= 11 is 0. The van der Waals surface area contributed by atoms with Crippen molar-refractivity contribution in [2.24, 2.45) is 0 Å². The second kappa shape index (κ2) is 5.07. The van der Waals surface area contributed by atoms with Gasteiger partial charge in [0.1, 0.15) is 5.60 Å². The first-order valence-corrected chi connectivity index (χ1v) is 5.18. The smallest absolute Gasteiger partial charge is 0.160 e. The molecule has 1 aliphatic rings. The molecule has 1 N–H and O–H groups in total. The summed E-state index contributed by atoms with van der Waals surface area (Å²) in [5.41, 5.74) is -0.369. The molecule has 0 aromatic heterocycles. The summed E-state index contributed by atoms with van der Waals surface area (Å²) in [7, 11) is 0. The fourth-order valence-corrected chi connectivity index (χ4v) is 1.46. The van der Waals surface area contributed by atoms with Gasteiger partial charge in [-0.2, -0.15) is 0 Å². The molecule has 0 aromatic rings. The molecule has 1 aliphatic heterocycles. The lowest BCUT2D eigenvalue weighted by molar-refractivity contribution is -0.141. The average molecular weight is 204 g/mol. The number of aliphatic hydroxyl groups is 1. The third-order valence-electron chi connectivity index (χ3n) is 2.46. The zero-order chi connectivity index (χ0) is 10.6. The minimum Gasteiger partial charge on any atom is -0.393 e. The van der Waals surface area contributed by atoms with Crippen molar-refractivity contribution in [1.82, 2.24) is 0 Å². The van der Waals surface area contributed by atoms with Crippen molar-refractivity contribution in [3.63, 3.8) is 0 Å². The van der Waals surface area contributed by atoms with Crippen LogP contribution >= 0.6 is 0 Å². The highest BCUT2D eigenvalue weighted by atomic mass is 16.7. The summed E-state index contributed by atoms with van der Waals surface area (Å²) in [6, 6.07) is 0. The van der Waals surface area contributed by atoms with Gasteiger partial charge in [-0.15, -0.1) is 0 Å². The monoisotopic (exact) mass is 204 g/mol. The zero-order valence-electron chi connectivity index (χ0n) is 9.16. The molecule has 1 saturated heterocycles. The van der Waals surface area contributed by atoms with E-state index in [0.717, 1.165) is 0 Å². The largest absolute Gasteiger partial charge is 0.393 e. The fourth-order valence-electron chi connectivity index (χ4n) is 1.46. The van der Waals surface area contributed by atoms with E-state index >= 15 is 0 Å². The fraction of sp³-hybridized carbons (Fsp3) is 1.00. The molecule has 0 radical (unpaired) electrons. The number of rotatable bonds is 7. The highest BCUT2D eigenvalue weighted by Gasteiger charge is 2.52. The molecule has 0 spiro atoms. The molecule has 4 nitrogen and oxygen atoms in total. The van der Waals surface area contributed by atoms with Gasteiger partial charge in [0.05, 0.1) is 12.7 Å². The molecule has 4 heteroatoms. The van der Waals surface area contributed by atoms with Crippen molar-refractivity contribution in [2.75, 3.05) is 19.8 Å². The van der Waals surface area contributed by atoms with Crippen LogP contribution in [0.2, 0.25) is 0 Å². The maximum atomic E-state index is 9.00. The minimum absolute atomic E-state index is 0.0582. The second-order valence-corrected chi connectivity index (χ2v) is 3.65. The van der Waals surface area contributed by atoms with Gasteiger partial charge in [-0.05, 0) is 20.8 Å². The number of epoxide rings is 1. The molecule has 1 rings (SSSR count). The Bertz CT molecular complexity index is 168. The summed E-state index contributed by atoms with van der Waals surface area (Å²) in [5.74, 6) is 0. The van der Waals surface area contributed by atoms with Crippen LogP contribution in [0.5, 0.6) is 0 Å². The Labute approximate surface area is 85.2 Å². The molecule has 14 heavy (non-hydrogen) atoms. The Kier molecular flexibility index (Phi) is 4.31. The van der Waals surface area contributed by atoms with Crippen molar-refractivity contribution in [2.45, 2.75) is 45.2 Å². The van der Waals surface area contributed by atoms with Crippen molar-refractivity contribution in [1.29, 1.82) is 0 Å². The topological polar surface area (TPSA) is 51.2 Å². The van der Waals surface area contributed by atoms with Crippen LogP contribution in [-0.4, -0.2) is 42.9 Å². The summed E-state index contributed by atoms with van der Waals surface area (Å²) in [5, 5.41) is 9.00. The SMILES string of the molecule is CCOC(C[C@H]1O[C@]1(C)CO)OCC. The standard InChI is InChI=1S/C10H20O4/c1-4-12-9(13-5-2)6-8-10(3,7-11)14-8/h8-9,11H,4-7H2,1-3H3/t8-,10-/m1/s1. The van der Waals surface area contributed by atoms with Crippen molar-refractivity contribution in [3.05, 3.63) is 0 Å². The highest BCUT2D eigenvalue weighted by molar-refractivity contribution is 4.98. The highest BCUT2D eigenvalue weighted by Crippen LogP contribution is 2.39. The van der Waals surface area contributed by atoms with E-state index < -0.39 is 0 Å². The molecule has 84 valence electrons. The zero-order valence-corrected chi connectivity index (χ0v) is 9.16. The van der Waals surface area contributed by atoms with Gasteiger partial charge in [0.25, 0.3) is 0 Å². The third-order valence-corrected chi connectivity index (χ3v) is 2.46. The lowest BCUT2D eigenvalue weighted by atomic mass is 10.1. The van der Waals surface area contributed by atoms with Gasteiger partial charge >= 0.3 is 0 Å². The van der Waals surface area contributed by atoms with E-state index in [2.05, 4.69) is 0 Å². The van der Waals surface area contributed by atoms with Gasteiger partial charge in [0, 0.05) is 19.6 Å². The van der Waals surface area contributed by atoms with Crippen molar-refractivity contribution < 1.29 is 19.3 Å². The summed E-state index contributed by atoms with van der Waals surface area (Å²) in [4.78, 5) is 0. The molecule has 1 heterocycles. The molecule has 0 saturated carbocycles.